The third kappa shape index (κ3) is 6.30. The molecule has 0 spiro atoms. The zero-order valence-corrected chi connectivity index (χ0v) is 28.6. The number of aliphatic hydroxyl groups is 1. The molecule has 22 nitrogen and oxygen atoms in total. The summed E-state index contributed by atoms with van der Waals surface area (Å²) in [5.74, 6) is -0.621. The Kier molecular flexibility index (Phi) is 9.21. The van der Waals surface area contributed by atoms with Crippen molar-refractivity contribution in [2.24, 2.45) is 34.6 Å². The van der Waals surface area contributed by atoms with Gasteiger partial charge in [-0.1, -0.05) is 12.1 Å². The summed E-state index contributed by atoms with van der Waals surface area (Å²) < 4.78 is 10.2. The van der Waals surface area contributed by atoms with Crippen molar-refractivity contribution < 1.29 is 19.4 Å². The fourth-order valence-electron chi connectivity index (χ4n) is 5.14. The number of methoxy groups -OCH3 is 1. The lowest BCUT2D eigenvalue weighted by Gasteiger charge is -2.06. The topological polar surface area (TPSA) is 288 Å². The van der Waals surface area contributed by atoms with Gasteiger partial charge in [-0.25, -0.2) is 24.1 Å². The molecule has 7 aromatic heterocycles. The highest BCUT2D eigenvalue weighted by molar-refractivity contribution is 6.00. The fourth-order valence-corrected chi connectivity index (χ4v) is 5.14. The summed E-state index contributed by atoms with van der Waals surface area (Å²) in [5, 5.41) is 44.2. The van der Waals surface area contributed by atoms with Gasteiger partial charge in [0.25, 0.3) is 0 Å². The quantitative estimate of drug-likeness (QED) is 0.0977. The van der Waals surface area contributed by atoms with E-state index in [1.165, 1.54) is 50.6 Å². The number of rotatable bonds is 11. The van der Waals surface area contributed by atoms with Crippen molar-refractivity contribution in [2.75, 3.05) is 25.2 Å². The largest absolute Gasteiger partial charge is 0.465 e. The van der Waals surface area contributed by atoms with Crippen LogP contribution in [0.5, 0.6) is 0 Å². The van der Waals surface area contributed by atoms with Gasteiger partial charge < -0.3 is 21.3 Å². The molecule has 54 heavy (non-hydrogen) atoms. The van der Waals surface area contributed by atoms with Crippen LogP contribution in [0, 0.1) is 0 Å². The van der Waals surface area contributed by atoms with Crippen molar-refractivity contribution >= 4 is 46.4 Å². The van der Waals surface area contributed by atoms with Gasteiger partial charge in [-0.05, 0) is 24.3 Å². The van der Waals surface area contributed by atoms with Crippen LogP contribution in [0.2, 0.25) is 0 Å². The molecule has 0 atom stereocenters. The van der Waals surface area contributed by atoms with E-state index in [1.807, 2.05) is 0 Å². The number of aliphatic hydroxyl groups excluding tert-OH is 1. The van der Waals surface area contributed by atoms with E-state index in [2.05, 4.69) is 60.8 Å². The van der Waals surface area contributed by atoms with Crippen LogP contribution in [0.4, 0.5) is 34.6 Å². The molecular formula is C32H28N18O4. The highest BCUT2D eigenvalue weighted by atomic mass is 16.5. The maximum absolute atomic E-state index is 12.3. The number of aromatic nitrogens is 12. The highest BCUT2D eigenvalue weighted by Crippen LogP contribution is 2.39. The SMILES string of the molecule is COC(=O)c1cnn(C)c1/N=N/c1c(-c2ccccn2)nn(-c2cc(-n3nc(-c4ccccn4)c(/N=N/c4c(C(=O)CO)cnn4C)c3N)ncn2)c1N. The molecule has 0 radical (unpaired) electrons. The fraction of sp³-hybridized carbons (Fsp3) is 0.125. The Morgan fingerprint density at radius 1 is 0.741 bits per heavy atom. The molecule has 0 saturated carbocycles. The maximum Gasteiger partial charge on any atom is 0.343 e. The van der Waals surface area contributed by atoms with Gasteiger partial charge in [0.2, 0.25) is 0 Å². The summed E-state index contributed by atoms with van der Waals surface area (Å²) >= 11 is 0. The molecule has 0 fully saturated rings. The zero-order valence-electron chi connectivity index (χ0n) is 28.6. The number of hydrogen-bond donors (Lipinski definition) is 3. The van der Waals surface area contributed by atoms with Crippen LogP contribution in [0.15, 0.2) is 94.0 Å². The van der Waals surface area contributed by atoms with Crippen LogP contribution in [-0.2, 0) is 18.8 Å². The Morgan fingerprint density at radius 3 is 1.70 bits per heavy atom. The molecule has 0 aliphatic carbocycles. The summed E-state index contributed by atoms with van der Waals surface area (Å²) in [6.45, 7) is -0.737. The van der Waals surface area contributed by atoms with E-state index in [4.69, 9.17) is 16.2 Å². The zero-order chi connectivity index (χ0) is 37.9. The Balaban J connectivity index is 1.33. The van der Waals surface area contributed by atoms with Crippen molar-refractivity contribution in [2.45, 2.75) is 0 Å². The molecule has 7 aromatic rings. The number of anilines is 2. The molecule has 0 bridgehead atoms. The summed E-state index contributed by atoms with van der Waals surface area (Å²) in [7, 11) is 4.41. The molecule has 0 aliphatic heterocycles. The molecule has 22 heteroatoms. The minimum absolute atomic E-state index is 0.0101. The highest BCUT2D eigenvalue weighted by Gasteiger charge is 2.25. The molecule has 0 amide bonds. The van der Waals surface area contributed by atoms with Crippen molar-refractivity contribution in [3.8, 4) is 34.4 Å². The van der Waals surface area contributed by atoms with Crippen LogP contribution >= 0.6 is 0 Å². The van der Waals surface area contributed by atoms with Gasteiger partial charge in [-0.2, -0.15) is 29.8 Å². The summed E-state index contributed by atoms with van der Waals surface area (Å²) in [5.41, 5.74) is 15.0. The number of ketones is 1. The average Bonchev–Trinajstić information content (AvgIpc) is 3.95. The number of pyridine rings is 2. The number of hydrogen-bond acceptors (Lipinski definition) is 18. The lowest BCUT2D eigenvalue weighted by atomic mass is 10.2. The molecular weight excluding hydrogens is 700 g/mol. The van der Waals surface area contributed by atoms with E-state index in [1.54, 1.807) is 62.9 Å². The molecule has 5 N–H and O–H groups in total. The lowest BCUT2D eigenvalue weighted by molar-refractivity contribution is 0.0601. The Bertz CT molecular complexity index is 2400. The average molecular weight is 729 g/mol. The number of azo groups is 2. The first-order valence-corrected chi connectivity index (χ1v) is 15.7. The Morgan fingerprint density at radius 2 is 1.24 bits per heavy atom. The lowest BCUT2D eigenvalue weighted by Crippen LogP contribution is -2.09. The summed E-state index contributed by atoms with van der Waals surface area (Å²) in [6.07, 6.45) is 7.02. The predicted octanol–water partition coefficient (Wildman–Crippen LogP) is 3.40. The number of Topliss-reactive ketones (excluding diaryl/α,β-unsaturated/α-hetero) is 1. The molecule has 7 heterocycles. The summed E-state index contributed by atoms with van der Waals surface area (Å²) in [6, 6.07) is 12.0. The second kappa shape index (κ2) is 14.4. The molecule has 270 valence electrons. The van der Waals surface area contributed by atoms with Crippen LogP contribution in [-0.4, -0.2) is 89.6 Å². The molecule has 0 aliphatic rings. The van der Waals surface area contributed by atoms with Gasteiger partial charge in [-0.15, -0.1) is 20.5 Å². The molecule has 7 rings (SSSR count). The third-order valence-electron chi connectivity index (χ3n) is 7.83. The number of carbonyl (C=O) groups is 2. The number of ether oxygens (including phenoxy) is 1. The van der Waals surface area contributed by atoms with Crippen LogP contribution in [0.1, 0.15) is 20.7 Å². The van der Waals surface area contributed by atoms with Crippen molar-refractivity contribution in [3.63, 3.8) is 0 Å². The minimum atomic E-state index is -0.737. The van der Waals surface area contributed by atoms with Crippen LogP contribution in [0.3, 0.4) is 0 Å². The van der Waals surface area contributed by atoms with E-state index in [0.29, 0.717) is 11.4 Å². The second-order valence-corrected chi connectivity index (χ2v) is 11.1. The van der Waals surface area contributed by atoms with E-state index >= 15 is 0 Å². The monoisotopic (exact) mass is 728 g/mol. The van der Waals surface area contributed by atoms with Gasteiger partial charge in [0.05, 0.1) is 36.5 Å². The van der Waals surface area contributed by atoms with E-state index in [-0.39, 0.29) is 68.8 Å². The van der Waals surface area contributed by atoms with Gasteiger partial charge in [-0.3, -0.25) is 14.8 Å². The molecule has 0 unspecified atom stereocenters. The number of nitrogens with two attached hydrogens (primary N) is 2. The van der Waals surface area contributed by atoms with E-state index < -0.39 is 18.4 Å². The van der Waals surface area contributed by atoms with Crippen molar-refractivity contribution in [1.82, 2.24) is 59.1 Å². The van der Waals surface area contributed by atoms with Gasteiger partial charge in [0, 0.05) is 32.6 Å². The third-order valence-corrected chi connectivity index (χ3v) is 7.83. The second-order valence-electron chi connectivity index (χ2n) is 11.1. The smallest absolute Gasteiger partial charge is 0.343 e. The summed E-state index contributed by atoms with van der Waals surface area (Å²) in [4.78, 5) is 42.2. The number of esters is 1. The first-order chi connectivity index (χ1) is 26.2. The number of nitrogens with zero attached hydrogens (tertiary/aromatic N) is 16. The van der Waals surface area contributed by atoms with Crippen LogP contribution in [0.25, 0.3) is 34.4 Å². The first-order valence-electron chi connectivity index (χ1n) is 15.7. The number of nitrogen functional groups attached to an aromatic ring is 2. The van der Waals surface area contributed by atoms with Gasteiger partial charge in [0.15, 0.2) is 52.1 Å². The first kappa shape index (κ1) is 34.6. The Hall–Kier alpha value is -7.88. The predicted molar refractivity (Wildman–Crippen MR) is 189 cm³/mol. The molecule has 0 saturated heterocycles. The van der Waals surface area contributed by atoms with Gasteiger partial charge >= 0.3 is 5.97 Å². The number of aryl methyl sites for hydroxylation is 2. The molecule has 0 aromatic carbocycles. The van der Waals surface area contributed by atoms with Gasteiger partial charge in [0.1, 0.15) is 29.9 Å². The van der Waals surface area contributed by atoms with E-state index in [0.717, 1.165) is 0 Å². The van der Waals surface area contributed by atoms with E-state index in [9.17, 15) is 14.7 Å². The maximum atomic E-state index is 12.3. The van der Waals surface area contributed by atoms with Crippen molar-refractivity contribution in [3.05, 3.63) is 84.7 Å². The normalized spacial score (nSPS) is 11.6. The Labute approximate surface area is 303 Å². The number of carbonyl (C=O) groups excluding carboxylic acids is 2. The minimum Gasteiger partial charge on any atom is -0.465 e. The van der Waals surface area contributed by atoms with Crippen LogP contribution < -0.4 is 11.5 Å². The van der Waals surface area contributed by atoms with Crippen molar-refractivity contribution in [1.29, 1.82) is 0 Å². The standard InChI is InChI=1S/C32H28N18O4/c1-47-30(17(13-39-47)21(52)15-51)43-41-26-24(19-8-4-6-10-35-19)45-49(28(26)33)22-12-23(38-16-37-22)50-29(34)27(25(46-50)20-9-5-7-11-36-20)42-44-31-18(32(53)54-3)14-40-48(31)2/h4-14,16,51H,15,33-34H2,1-3H3/b43-41+,44-42+.